The minimum Gasteiger partial charge on any atom is -0.342 e. The van der Waals surface area contributed by atoms with Crippen LogP contribution in [0.3, 0.4) is 0 Å². The molecule has 0 aliphatic heterocycles. The highest BCUT2D eigenvalue weighted by atomic mass is 16.2. The molecule has 1 aliphatic rings. The first kappa shape index (κ1) is 15.0. The normalized spacial score (nSPS) is 22.5. The first-order valence-electron chi connectivity index (χ1n) is 7.57. The Kier molecular flexibility index (Phi) is 5.53. The van der Waals surface area contributed by atoms with E-state index in [4.69, 9.17) is 5.73 Å². The Balaban J connectivity index is 1.87. The van der Waals surface area contributed by atoms with E-state index < -0.39 is 0 Å². The Hall–Kier alpha value is -1.42. The molecule has 0 radical (unpaired) electrons. The van der Waals surface area contributed by atoms with Crippen LogP contribution in [0.15, 0.2) is 24.5 Å². The Morgan fingerprint density at radius 3 is 2.75 bits per heavy atom. The maximum atomic E-state index is 12.3. The molecule has 2 atom stereocenters. The number of pyridine rings is 1. The van der Waals surface area contributed by atoms with Gasteiger partial charge in [0.25, 0.3) is 0 Å². The fourth-order valence-electron chi connectivity index (χ4n) is 3.13. The van der Waals surface area contributed by atoms with Crippen molar-refractivity contribution in [1.82, 2.24) is 9.88 Å². The van der Waals surface area contributed by atoms with Crippen LogP contribution in [-0.4, -0.2) is 35.4 Å². The second kappa shape index (κ2) is 7.39. The second-order valence-electron chi connectivity index (χ2n) is 5.71. The van der Waals surface area contributed by atoms with Crippen LogP contribution >= 0.6 is 0 Å². The van der Waals surface area contributed by atoms with E-state index in [9.17, 15) is 4.79 Å². The first-order valence-corrected chi connectivity index (χ1v) is 7.57. The van der Waals surface area contributed by atoms with Crippen molar-refractivity contribution in [1.29, 1.82) is 0 Å². The van der Waals surface area contributed by atoms with E-state index in [0.29, 0.717) is 24.9 Å². The van der Waals surface area contributed by atoms with Crippen molar-refractivity contribution in [3.8, 4) is 0 Å². The zero-order valence-corrected chi connectivity index (χ0v) is 12.3. The zero-order chi connectivity index (χ0) is 14.4. The Labute approximate surface area is 121 Å². The van der Waals surface area contributed by atoms with Gasteiger partial charge < -0.3 is 10.6 Å². The number of aryl methyl sites for hydroxylation is 1. The lowest BCUT2D eigenvalue weighted by molar-refractivity contribution is -0.133. The van der Waals surface area contributed by atoms with Crippen LogP contribution in [0.1, 0.15) is 37.7 Å². The highest BCUT2D eigenvalue weighted by Crippen LogP contribution is 2.27. The third-order valence-corrected chi connectivity index (χ3v) is 4.44. The Bertz CT molecular complexity index is 421. The predicted octanol–water partition coefficient (Wildman–Crippen LogP) is 1.99. The summed E-state index contributed by atoms with van der Waals surface area (Å²) in [5.74, 6) is 0.700. The zero-order valence-electron chi connectivity index (χ0n) is 12.3. The highest BCUT2D eigenvalue weighted by Gasteiger charge is 2.29. The summed E-state index contributed by atoms with van der Waals surface area (Å²) in [6.07, 6.45) is 9.60. The minimum atomic E-state index is 0.229. The van der Waals surface area contributed by atoms with Crippen molar-refractivity contribution in [2.24, 2.45) is 11.7 Å². The summed E-state index contributed by atoms with van der Waals surface area (Å²) in [5.41, 5.74) is 7.02. The van der Waals surface area contributed by atoms with Gasteiger partial charge in [0, 0.05) is 31.9 Å². The second-order valence-corrected chi connectivity index (χ2v) is 5.71. The molecule has 110 valence electrons. The number of carbonyl (C=O) groups is 1. The standard InChI is InChI=1S/C16H25N3O/c1-19(15-5-3-2-4-14(15)12-17)16(20)7-6-13-8-10-18-11-9-13/h8-11,14-15H,2-7,12,17H2,1H3. The van der Waals surface area contributed by atoms with Crippen molar-refractivity contribution < 1.29 is 4.79 Å². The van der Waals surface area contributed by atoms with E-state index in [1.54, 1.807) is 12.4 Å². The average molecular weight is 275 g/mol. The van der Waals surface area contributed by atoms with Gasteiger partial charge in [0.05, 0.1) is 0 Å². The van der Waals surface area contributed by atoms with Gasteiger partial charge in [-0.3, -0.25) is 9.78 Å². The minimum absolute atomic E-state index is 0.229. The molecule has 1 saturated carbocycles. The summed E-state index contributed by atoms with van der Waals surface area (Å²) >= 11 is 0. The van der Waals surface area contributed by atoms with E-state index in [1.807, 2.05) is 24.1 Å². The van der Waals surface area contributed by atoms with Crippen molar-refractivity contribution in [2.75, 3.05) is 13.6 Å². The monoisotopic (exact) mass is 275 g/mol. The molecule has 1 amide bonds. The lowest BCUT2D eigenvalue weighted by Crippen LogP contribution is -2.46. The number of nitrogens with two attached hydrogens (primary N) is 1. The van der Waals surface area contributed by atoms with Crippen LogP contribution in [0.25, 0.3) is 0 Å². The predicted molar refractivity (Wildman–Crippen MR) is 80.1 cm³/mol. The molecule has 2 rings (SSSR count). The highest BCUT2D eigenvalue weighted by molar-refractivity contribution is 5.76. The van der Waals surface area contributed by atoms with Crippen LogP contribution < -0.4 is 5.73 Å². The molecule has 0 aromatic carbocycles. The van der Waals surface area contributed by atoms with E-state index >= 15 is 0 Å². The van der Waals surface area contributed by atoms with Crippen LogP contribution in [0.5, 0.6) is 0 Å². The number of nitrogens with zero attached hydrogens (tertiary/aromatic N) is 2. The fourth-order valence-corrected chi connectivity index (χ4v) is 3.13. The van der Waals surface area contributed by atoms with Crippen molar-refractivity contribution in [2.45, 2.75) is 44.6 Å². The van der Waals surface area contributed by atoms with Gasteiger partial charge in [0.2, 0.25) is 5.91 Å². The largest absolute Gasteiger partial charge is 0.342 e. The van der Waals surface area contributed by atoms with E-state index in [0.717, 1.165) is 19.3 Å². The van der Waals surface area contributed by atoms with E-state index in [-0.39, 0.29) is 5.91 Å². The summed E-state index contributed by atoms with van der Waals surface area (Å²) in [7, 11) is 1.94. The lowest BCUT2D eigenvalue weighted by atomic mass is 9.83. The molecule has 0 saturated heterocycles. The smallest absolute Gasteiger partial charge is 0.222 e. The van der Waals surface area contributed by atoms with Crippen molar-refractivity contribution in [3.63, 3.8) is 0 Å². The molecule has 1 aromatic heterocycles. The Morgan fingerprint density at radius 1 is 1.35 bits per heavy atom. The molecular weight excluding hydrogens is 250 g/mol. The van der Waals surface area contributed by atoms with Gasteiger partial charge in [0.1, 0.15) is 0 Å². The van der Waals surface area contributed by atoms with Crippen LogP contribution in [0, 0.1) is 5.92 Å². The third-order valence-electron chi connectivity index (χ3n) is 4.44. The molecule has 20 heavy (non-hydrogen) atoms. The number of amides is 1. The summed E-state index contributed by atoms with van der Waals surface area (Å²) in [4.78, 5) is 18.3. The molecule has 0 spiro atoms. The van der Waals surface area contributed by atoms with Crippen LogP contribution in [-0.2, 0) is 11.2 Å². The van der Waals surface area contributed by atoms with Gasteiger partial charge in [-0.2, -0.15) is 0 Å². The lowest BCUT2D eigenvalue weighted by Gasteiger charge is -2.37. The van der Waals surface area contributed by atoms with Crippen molar-refractivity contribution >= 4 is 5.91 Å². The van der Waals surface area contributed by atoms with Crippen molar-refractivity contribution in [3.05, 3.63) is 30.1 Å². The number of rotatable bonds is 5. The maximum absolute atomic E-state index is 12.3. The first-order chi connectivity index (χ1) is 9.72. The van der Waals surface area contributed by atoms with Gasteiger partial charge in [-0.15, -0.1) is 0 Å². The SMILES string of the molecule is CN(C(=O)CCc1ccncc1)C1CCCCC1CN. The number of hydrogen-bond acceptors (Lipinski definition) is 3. The summed E-state index contributed by atoms with van der Waals surface area (Å²) in [6, 6.07) is 4.27. The molecule has 2 unspecified atom stereocenters. The number of aromatic nitrogens is 1. The molecule has 1 heterocycles. The number of carbonyl (C=O) groups excluding carboxylic acids is 1. The summed E-state index contributed by atoms with van der Waals surface area (Å²) < 4.78 is 0. The molecule has 1 aromatic rings. The molecule has 0 bridgehead atoms. The van der Waals surface area contributed by atoms with Gasteiger partial charge in [-0.05, 0) is 49.4 Å². The maximum Gasteiger partial charge on any atom is 0.222 e. The molecule has 2 N–H and O–H groups in total. The van der Waals surface area contributed by atoms with Gasteiger partial charge >= 0.3 is 0 Å². The molecule has 1 aliphatic carbocycles. The van der Waals surface area contributed by atoms with Gasteiger partial charge in [-0.25, -0.2) is 0 Å². The topological polar surface area (TPSA) is 59.2 Å². The fraction of sp³-hybridized carbons (Fsp3) is 0.625. The molecule has 1 fully saturated rings. The Morgan fingerprint density at radius 2 is 2.05 bits per heavy atom. The van der Waals surface area contributed by atoms with Crippen LogP contribution in [0.4, 0.5) is 0 Å². The summed E-state index contributed by atoms with van der Waals surface area (Å²) in [5, 5.41) is 0. The quantitative estimate of drug-likeness (QED) is 0.894. The molecular formula is C16H25N3O. The third kappa shape index (κ3) is 3.79. The summed E-state index contributed by atoms with van der Waals surface area (Å²) in [6.45, 7) is 0.687. The molecule has 4 nitrogen and oxygen atoms in total. The van der Waals surface area contributed by atoms with E-state index in [2.05, 4.69) is 4.98 Å². The number of hydrogen-bond donors (Lipinski definition) is 1. The van der Waals surface area contributed by atoms with Gasteiger partial charge in [0.15, 0.2) is 0 Å². The van der Waals surface area contributed by atoms with Gasteiger partial charge in [-0.1, -0.05) is 12.8 Å². The molecule has 4 heteroatoms. The van der Waals surface area contributed by atoms with Crippen LogP contribution in [0.2, 0.25) is 0 Å². The average Bonchev–Trinajstić information content (AvgIpc) is 2.52. The van der Waals surface area contributed by atoms with E-state index in [1.165, 1.54) is 18.4 Å².